The third kappa shape index (κ3) is 4.82. The quantitative estimate of drug-likeness (QED) is 0.477. The summed E-state index contributed by atoms with van der Waals surface area (Å²) < 4.78 is 81.8. The molecule has 0 spiro atoms. The number of aryl methyl sites for hydroxylation is 2. The molecule has 6 nitrogen and oxygen atoms in total. The van der Waals surface area contributed by atoms with E-state index in [-0.39, 0.29) is 17.2 Å². The van der Waals surface area contributed by atoms with E-state index in [1.54, 1.807) is 18.7 Å². The molecule has 1 atom stereocenters. The van der Waals surface area contributed by atoms with Crippen molar-refractivity contribution in [2.24, 2.45) is 12.2 Å². The maximum Gasteiger partial charge on any atom is 0.437 e. The average Bonchev–Trinajstić information content (AvgIpc) is 3.32. The highest BCUT2D eigenvalue weighted by Gasteiger charge is 2.64. The summed E-state index contributed by atoms with van der Waals surface area (Å²) in [5, 5.41) is 9.48. The molecule has 1 unspecified atom stereocenters. The van der Waals surface area contributed by atoms with Crippen LogP contribution in [-0.4, -0.2) is 46.1 Å². The van der Waals surface area contributed by atoms with Gasteiger partial charge < -0.3 is 10.2 Å². The van der Waals surface area contributed by atoms with E-state index < -0.39 is 35.8 Å². The summed E-state index contributed by atoms with van der Waals surface area (Å²) in [4.78, 5) is 17.1. The Morgan fingerprint density at radius 1 is 1.24 bits per heavy atom. The van der Waals surface area contributed by atoms with Gasteiger partial charge in [0, 0.05) is 24.9 Å². The molecule has 0 bridgehead atoms. The first-order chi connectivity index (χ1) is 15.3. The van der Waals surface area contributed by atoms with Gasteiger partial charge in [0.05, 0.1) is 17.8 Å². The van der Waals surface area contributed by atoms with Crippen molar-refractivity contribution in [2.75, 3.05) is 18.6 Å². The monoisotopic (exact) mass is 494 g/mol. The number of benzene rings is 1. The summed E-state index contributed by atoms with van der Waals surface area (Å²) in [6.07, 6.45) is -8.96. The molecule has 0 saturated heterocycles. The molecular formula is C20H20F6N4O2S. The van der Waals surface area contributed by atoms with Crippen LogP contribution < -0.4 is 5.32 Å². The van der Waals surface area contributed by atoms with Crippen LogP contribution in [0.2, 0.25) is 0 Å². The molecule has 2 aromatic rings. The minimum Gasteiger partial charge on any atom is -0.372 e. The minimum atomic E-state index is -5.08. The summed E-state index contributed by atoms with van der Waals surface area (Å²) >= 11 is 1.56. The second kappa shape index (κ2) is 8.92. The molecule has 33 heavy (non-hydrogen) atoms. The number of nitrogens with one attached hydrogen (secondary N) is 1. The Morgan fingerprint density at radius 2 is 1.94 bits per heavy atom. The highest BCUT2D eigenvalue weighted by atomic mass is 32.2. The van der Waals surface area contributed by atoms with E-state index in [9.17, 15) is 31.1 Å². The van der Waals surface area contributed by atoms with Crippen LogP contribution >= 0.6 is 11.8 Å². The van der Waals surface area contributed by atoms with E-state index in [1.807, 2.05) is 6.26 Å². The Labute approximate surface area is 189 Å². The Hall–Kier alpha value is -2.70. The van der Waals surface area contributed by atoms with Crippen LogP contribution in [0, 0.1) is 6.92 Å². The molecule has 180 valence electrons. The Kier molecular flexibility index (Phi) is 6.74. The van der Waals surface area contributed by atoms with Crippen molar-refractivity contribution in [3.63, 3.8) is 0 Å². The third-order valence-corrected chi connectivity index (χ3v) is 5.78. The van der Waals surface area contributed by atoms with Gasteiger partial charge in [0.1, 0.15) is 0 Å². The zero-order valence-corrected chi connectivity index (χ0v) is 18.6. The number of carbonyl (C=O) groups excluding carboxylic acids is 1. The lowest BCUT2D eigenvalue weighted by Gasteiger charge is -2.28. The molecule has 3 rings (SSSR count). The van der Waals surface area contributed by atoms with Gasteiger partial charge in [0.25, 0.3) is 11.5 Å². The van der Waals surface area contributed by atoms with Crippen LogP contribution in [-0.2, 0) is 23.7 Å². The van der Waals surface area contributed by atoms with Crippen LogP contribution in [0.3, 0.4) is 0 Å². The summed E-state index contributed by atoms with van der Waals surface area (Å²) in [6.45, 7) is 2.08. The number of rotatable bonds is 6. The number of alkyl halides is 6. The van der Waals surface area contributed by atoms with E-state index in [2.05, 4.69) is 15.6 Å². The zero-order chi connectivity index (χ0) is 24.6. The molecule has 0 fully saturated rings. The van der Waals surface area contributed by atoms with Crippen molar-refractivity contribution < 1.29 is 36.0 Å². The first kappa shape index (κ1) is 24.9. The lowest BCUT2D eigenvalue weighted by Crippen LogP contribution is -2.44. The van der Waals surface area contributed by atoms with Crippen LogP contribution in [0.25, 0.3) is 0 Å². The number of thioether (sulfide) groups is 1. The molecule has 1 aromatic heterocycles. The molecular weight excluding hydrogens is 474 g/mol. The number of nitrogens with zero attached hydrogens (tertiary/aromatic N) is 3. The molecule has 1 aliphatic rings. The number of hydrogen-bond donors (Lipinski definition) is 1. The fourth-order valence-electron chi connectivity index (χ4n) is 3.47. The van der Waals surface area contributed by atoms with Gasteiger partial charge in [-0.1, -0.05) is 11.2 Å². The van der Waals surface area contributed by atoms with Crippen LogP contribution in [0.1, 0.15) is 39.3 Å². The van der Waals surface area contributed by atoms with Crippen molar-refractivity contribution in [1.82, 2.24) is 15.1 Å². The first-order valence-electron chi connectivity index (χ1n) is 9.62. The maximum atomic E-state index is 14.1. The van der Waals surface area contributed by atoms with E-state index in [4.69, 9.17) is 4.84 Å². The van der Waals surface area contributed by atoms with Gasteiger partial charge >= 0.3 is 12.4 Å². The van der Waals surface area contributed by atoms with Crippen molar-refractivity contribution in [3.8, 4) is 0 Å². The molecule has 2 heterocycles. The predicted molar refractivity (Wildman–Crippen MR) is 110 cm³/mol. The van der Waals surface area contributed by atoms with Crippen molar-refractivity contribution in [3.05, 3.63) is 52.3 Å². The van der Waals surface area contributed by atoms with E-state index in [0.29, 0.717) is 28.4 Å². The van der Waals surface area contributed by atoms with Gasteiger partial charge in [0.2, 0.25) is 0 Å². The minimum absolute atomic E-state index is 0.112. The topological polar surface area (TPSA) is 68.5 Å². The molecule has 0 aliphatic carbocycles. The smallest absolute Gasteiger partial charge is 0.372 e. The normalized spacial score (nSPS) is 18.8. The van der Waals surface area contributed by atoms with Crippen LogP contribution in [0.4, 0.5) is 26.3 Å². The molecule has 13 heteroatoms. The summed E-state index contributed by atoms with van der Waals surface area (Å²) in [5.41, 5.74) is -4.41. The van der Waals surface area contributed by atoms with Crippen LogP contribution in [0.5, 0.6) is 0 Å². The fraction of sp³-hybridized carbons (Fsp3) is 0.450. The van der Waals surface area contributed by atoms with Crippen molar-refractivity contribution in [2.45, 2.75) is 31.3 Å². The largest absolute Gasteiger partial charge is 0.437 e. The number of oxime groups is 1. The molecule has 1 N–H and O–H groups in total. The van der Waals surface area contributed by atoms with Gasteiger partial charge in [-0.2, -0.15) is 43.2 Å². The molecule has 0 saturated carbocycles. The van der Waals surface area contributed by atoms with E-state index in [0.717, 1.165) is 12.8 Å². The average molecular weight is 494 g/mol. The highest BCUT2D eigenvalue weighted by molar-refractivity contribution is 7.98. The standard InChI is InChI=1S/C20H20F6N4O2S/c1-11-8-12(4-5-13(11)17(31)27-6-7-33-3)14-10-18(32-29-14,20(24,25)26)16-9-15(19(21,22)23)28-30(16)2/h4-5,8-9H,6-7,10H2,1-3H3,(H,27,31). The van der Waals surface area contributed by atoms with Gasteiger partial charge in [-0.25, -0.2) is 0 Å². The third-order valence-electron chi connectivity index (χ3n) is 5.17. The lowest BCUT2D eigenvalue weighted by atomic mass is 9.89. The van der Waals surface area contributed by atoms with E-state index >= 15 is 0 Å². The number of hydrogen-bond acceptors (Lipinski definition) is 5. The van der Waals surface area contributed by atoms with Crippen LogP contribution in [0.15, 0.2) is 29.4 Å². The van der Waals surface area contributed by atoms with E-state index in [1.165, 1.54) is 18.2 Å². The van der Waals surface area contributed by atoms with Gasteiger partial charge in [-0.3, -0.25) is 9.48 Å². The Balaban J connectivity index is 1.91. The first-order valence-corrected chi connectivity index (χ1v) is 11.0. The number of carbonyl (C=O) groups is 1. The summed E-state index contributed by atoms with van der Waals surface area (Å²) in [5.74, 6) is 0.401. The van der Waals surface area contributed by atoms with Crippen molar-refractivity contribution in [1.29, 1.82) is 0 Å². The number of amides is 1. The van der Waals surface area contributed by atoms with Gasteiger partial charge in [0.15, 0.2) is 5.69 Å². The zero-order valence-electron chi connectivity index (χ0n) is 17.8. The molecule has 1 aromatic carbocycles. The Bertz CT molecular complexity index is 1080. The highest BCUT2D eigenvalue weighted by Crippen LogP contribution is 2.49. The number of halogens is 6. The maximum absolute atomic E-state index is 14.1. The predicted octanol–water partition coefficient (Wildman–Crippen LogP) is 4.42. The SMILES string of the molecule is CSCCNC(=O)c1ccc(C2=NOC(c3cc(C(F)(F)F)nn3C)(C(F)(F)F)C2)cc1C. The molecule has 1 amide bonds. The molecule has 1 aliphatic heterocycles. The number of aromatic nitrogens is 2. The molecule has 0 radical (unpaired) electrons. The lowest BCUT2D eigenvalue weighted by molar-refractivity contribution is -0.278. The van der Waals surface area contributed by atoms with Crippen molar-refractivity contribution >= 4 is 23.4 Å². The fourth-order valence-corrected chi connectivity index (χ4v) is 3.77. The second-order valence-corrected chi connectivity index (χ2v) is 8.43. The second-order valence-electron chi connectivity index (χ2n) is 7.45. The Morgan fingerprint density at radius 3 is 2.48 bits per heavy atom. The van der Waals surface area contributed by atoms with Gasteiger partial charge in [-0.15, -0.1) is 0 Å². The van der Waals surface area contributed by atoms with Gasteiger partial charge in [-0.05, 0) is 42.5 Å². The summed E-state index contributed by atoms with van der Waals surface area (Å²) in [6, 6.07) is 4.69. The summed E-state index contributed by atoms with van der Waals surface area (Å²) in [7, 11) is 0.980.